The smallest absolute Gasteiger partial charge is 0.191 e. The van der Waals surface area contributed by atoms with Crippen LogP contribution in [0.1, 0.15) is 26.6 Å². The minimum atomic E-state index is 0.182. The van der Waals surface area contributed by atoms with E-state index >= 15 is 0 Å². The fourth-order valence-electron chi connectivity index (χ4n) is 1.32. The maximum Gasteiger partial charge on any atom is 0.191 e. The quantitative estimate of drug-likeness (QED) is 0.603. The van der Waals surface area contributed by atoms with Crippen molar-refractivity contribution in [3.8, 4) is 0 Å². The van der Waals surface area contributed by atoms with Gasteiger partial charge in [-0.15, -0.1) is 0 Å². The summed E-state index contributed by atoms with van der Waals surface area (Å²) in [6.45, 7) is 8.68. The zero-order valence-electron chi connectivity index (χ0n) is 12.4. The normalized spacial score (nSPS) is 12.6. The second kappa shape index (κ2) is 7.37. The van der Waals surface area contributed by atoms with Crippen LogP contribution in [-0.2, 0) is 13.6 Å². The van der Waals surface area contributed by atoms with E-state index < -0.39 is 0 Å². The highest BCUT2D eigenvalue weighted by Gasteiger charge is 2.16. The maximum absolute atomic E-state index is 4.52. The Bertz CT molecular complexity index is 412. The van der Waals surface area contributed by atoms with Gasteiger partial charge in [0.25, 0.3) is 0 Å². The van der Waals surface area contributed by atoms with Crippen molar-refractivity contribution in [2.45, 2.75) is 32.1 Å². The summed E-state index contributed by atoms with van der Waals surface area (Å²) in [7, 11) is 1.87. The first-order valence-electron chi connectivity index (χ1n) is 6.38. The van der Waals surface area contributed by atoms with E-state index in [2.05, 4.69) is 52.7 Å². The summed E-state index contributed by atoms with van der Waals surface area (Å²) in [4.78, 5) is 8.67. The second-order valence-electron chi connectivity index (χ2n) is 4.81. The Morgan fingerprint density at radius 1 is 1.47 bits per heavy atom. The van der Waals surface area contributed by atoms with Gasteiger partial charge in [0.2, 0.25) is 0 Å². The Kier molecular flexibility index (Phi) is 6.14. The molecule has 1 aromatic rings. The number of aliphatic imine (C=N–C) groups is 1. The molecule has 0 fully saturated rings. The molecule has 0 aliphatic heterocycles. The molecule has 6 nitrogen and oxygen atoms in total. The molecule has 0 saturated carbocycles. The average molecular weight is 284 g/mol. The van der Waals surface area contributed by atoms with Gasteiger partial charge >= 0.3 is 0 Å². The van der Waals surface area contributed by atoms with Gasteiger partial charge in [0.15, 0.2) is 5.96 Å². The van der Waals surface area contributed by atoms with E-state index in [1.54, 1.807) is 11.0 Å². The highest BCUT2D eigenvalue weighted by Crippen LogP contribution is 2.19. The molecule has 0 aliphatic carbocycles. The summed E-state index contributed by atoms with van der Waals surface area (Å²) in [6.07, 6.45) is 3.66. The van der Waals surface area contributed by atoms with Gasteiger partial charge in [0.05, 0.1) is 0 Å². The van der Waals surface area contributed by atoms with Crippen molar-refractivity contribution in [1.29, 1.82) is 0 Å². The third-order valence-corrected chi connectivity index (χ3v) is 4.01. The van der Waals surface area contributed by atoms with Crippen molar-refractivity contribution in [2.75, 3.05) is 19.3 Å². The molecule has 0 amide bonds. The van der Waals surface area contributed by atoms with Gasteiger partial charge in [-0.25, -0.2) is 9.98 Å². The molecule has 0 atom stereocenters. The van der Waals surface area contributed by atoms with Crippen LogP contribution in [0.2, 0.25) is 0 Å². The lowest BCUT2D eigenvalue weighted by molar-refractivity contribution is 0.659. The number of thioether (sulfide) groups is 1. The molecule has 1 rings (SSSR count). The van der Waals surface area contributed by atoms with Crippen LogP contribution in [0.3, 0.4) is 0 Å². The van der Waals surface area contributed by atoms with Gasteiger partial charge in [-0.05, 0) is 27.0 Å². The van der Waals surface area contributed by atoms with Crippen molar-refractivity contribution in [3.63, 3.8) is 0 Å². The first kappa shape index (κ1) is 15.8. The second-order valence-corrected chi connectivity index (χ2v) is 6.33. The Morgan fingerprint density at radius 3 is 2.74 bits per heavy atom. The van der Waals surface area contributed by atoms with E-state index in [1.165, 1.54) is 0 Å². The van der Waals surface area contributed by atoms with E-state index in [1.807, 2.05) is 18.8 Å². The monoisotopic (exact) mass is 284 g/mol. The van der Waals surface area contributed by atoms with E-state index in [9.17, 15) is 0 Å². The Balaban J connectivity index is 2.59. The molecule has 0 bridgehead atoms. The zero-order chi connectivity index (χ0) is 14.3. The number of hydrogen-bond acceptors (Lipinski definition) is 4. The van der Waals surface area contributed by atoms with Gasteiger partial charge in [0, 0.05) is 24.9 Å². The Hall–Kier alpha value is -1.24. The molecule has 1 aromatic heterocycles. The fraction of sp³-hybridized carbons (Fsp3) is 0.750. The molecule has 0 saturated heterocycles. The van der Waals surface area contributed by atoms with Crippen LogP contribution < -0.4 is 10.6 Å². The van der Waals surface area contributed by atoms with Crippen LogP contribution in [0, 0.1) is 0 Å². The molecular formula is C12H24N6S. The summed E-state index contributed by atoms with van der Waals surface area (Å²) < 4.78 is 1.92. The van der Waals surface area contributed by atoms with Crippen LogP contribution in [0.5, 0.6) is 0 Å². The number of nitrogens with one attached hydrogen (secondary N) is 2. The lowest BCUT2D eigenvalue weighted by atomic mass is 10.2. The summed E-state index contributed by atoms with van der Waals surface area (Å²) in [5, 5.41) is 10.6. The first-order chi connectivity index (χ1) is 8.98. The molecule has 0 aromatic carbocycles. The number of rotatable bonds is 6. The largest absolute Gasteiger partial charge is 0.357 e. The third-order valence-electron chi connectivity index (χ3n) is 2.76. The van der Waals surface area contributed by atoms with Crippen LogP contribution in [0.4, 0.5) is 0 Å². The SMILES string of the molecule is CCNC(=NCc1ncnn1C)NCC(C)(C)SC. The van der Waals surface area contributed by atoms with Crippen LogP contribution >= 0.6 is 11.8 Å². The summed E-state index contributed by atoms with van der Waals surface area (Å²) in [5.41, 5.74) is 0. The highest BCUT2D eigenvalue weighted by atomic mass is 32.2. The van der Waals surface area contributed by atoms with Gasteiger partial charge in [0.1, 0.15) is 18.7 Å². The molecule has 0 spiro atoms. The van der Waals surface area contributed by atoms with E-state index in [0.29, 0.717) is 6.54 Å². The first-order valence-corrected chi connectivity index (χ1v) is 7.61. The summed E-state index contributed by atoms with van der Waals surface area (Å²) in [5.74, 6) is 1.66. The van der Waals surface area contributed by atoms with Crippen molar-refractivity contribution >= 4 is 17.7 Å². The fourth-order valence-corrected chi connectivity index (χ4v) is 1.54. The van der Waals surface area contributed by atoms with Gasteiger partial charge in [-0.2, -0.15) is 16.9 Å². The molecule has 108 valence electrons. The predicted molar refractivity (Wildman–Crippen MR) is 81.4 cm³/mol. The van der Waals surface area contributed by atoms with E-state index in [4.69, 9.17) is 0 Å². The molecule has 1 heterocycles. The number of aromatic nitrogens is 3. The molecule has 0 aliphatic rings. The molecule has 0 unspecified atom stereocenters. The van der Waals surface area contributed by atoms with Crippen molar-refractivity contribution < 1.29 is 0 Å². The zero-order valence-corrected chi connectivity index (χ0v) is 13.2. The number of hydrogen-bond donors (Lipinski definition) is 2. The van der Waals surface area contributed by atoms with Crippen molar-refractivity contribution in [2.24, 2.45) is 12.0 Å². The molecule has 19 heavy (non-hydrogen) atoms. The van der Waals surface area contributed by atoms with E-state index in [0.717, 1.165) is 24.9 Å². The third kappa shape index (κ3) is 5.50. The van der Waals surface area contributed by atoms with Gasteiger partial charge < -0.3 is 10.6 Å². The standard InChI is InChI=1S/C12H24N6S/c1-6-13-11(15-8-12(2,3)19-5)14-7-10-16-9-17-18(10)4/h9H,6-8H2,1-5H3,(H2,13,14,15). The van der Waals surface area contributed by atoms with Gasteiger partial charge in [-0.3, -0.25) is 4.68 Å². The van der Waals surface area contributed by atoms with Crippen LogP contribution in [-0.4, -0.2) is 44.8 Å². The highest BCUT2D eigenvalue weighted by molar-refractivity contribution is 7.99. The average Bonchev–Trinajstić information content (AvgIpc) is 2.78. The van der Waals surface area contributed by atoms with Crippen molar-refractivity contribution in [3.05, 3.63) is 12.2 Å². The minimum Gasteiger partial charge on any atom is -0.357 e. The molecule has 2 N–H and O–H groups in total. The predicted octanol–water partition coefficient (Wildman–Crippen LogP) is 1.01. The summed E-state index contributed by atoms with van der Waals surface area (Å²) in [6, 6.07) is 0. The van der Waals surface area contributed by atoms with Crippen LogP contribution in [0.25, 0.3) is 0 Å². The van der Waals surface area contributed by atoms with E-state index in [-0.39, 0.29) is 4.75 Å². The lowest BCUT2D eigenvalue weighted by Crippen LogP contribution is -2.43. The van der Waals surface area contributed by atoms with Crippen molar-refractivity contribution in [1.82, 2.24) is 25.4 Å². The maximum atomic E-state index is 4.52. The molecule has 0 radical (unpaired) electrons. The topological polar surface area (TPSA) is 67.1 Å². The number of guanidine groups is 1. The van der Waals surface area contributed by atoms with Crippen LogP contribution in [0.15, 0.2) is 11.3 Å². The minimum absolute atomic E-state index is 0.182. The number of nitrogens with zero attached hydrogens (tertiary/aromatic N) is 4. The Morgan fingerprint density at radius 2 is 2.21 bits per heavy atom. The Labute approximate surface area is 119 Å². The number of aryl methyl sites for hydroxylation is 1. The molecular weight excluding hydrogens is 260 g/mol. The van der Waals surface area contributed by atoms with Gasteiger partial charge in [-0.1, -0.05) is 0 Å². The molecule has 7 heteroatoms. The summed E-state index contributed by atoms with van der Waals surface area (Å²) >= 11 is 1.83. The lowest BCUT2D eigenvalue weighted by Gasteiger charge is -2.23.